The van der Waals surface area contributed by atoms with Gasteiger partial charge in [0, 0.05) is 0 Å². The summed E-state index contributed by atoms with van der Waals surface area (Å²) in [7, 11) is 0. The van der Waals surface area contributed by atoms with E-state index in [4.69, 9.17) is 4.74 Å². The van der Waals surface area contributed by atoms with E-state index in [1.807, 2.05) is 55.5 Å². The fourth-order valence-corrected chi connectivity index (χ4v) is 5.43. The predicted octanol–water partition coefficient (Wildman–Crippen LogP) is 12.1. The van der Waals surface area contributed by atoms with Gasteiger partial charge in [0.1, 0.15) is 5.75 Å². The Balaban J connectivity index is 1.61. The molecule has 8 heteroatoms. The molecule has 0 spiro atoms. The van der Waals surface area contributed by atoms with Gasteiger partial charge in [0.15, 0.2) is 0 Å². The van der Waals surface area contributed by atoms with E-state index in [2.05, 4.69) is 16.4 Å². The highest BCUT2D eigenvalue weighted by Gasteiger charge is 2.43. The van der Waals surface area contributed by atoms with Crippen LogP contribution in [-0.2, 0) is 9.47 Å². The van der Waals surface area contributed by atoms with E-state index in [1.165, 1.54) is 57.1 Å². The van der Waals surface area contributed by atoms with Crippen LogP contribution in [-0.4, -0.2) is 31.0 Å². The summed E-state index contributed by atoms with van der Waals surface area (Å²) in [5, 5.41) is 0. The molecule has 256 valence electrons. The lowest BCUT2D eigenvalue weighted by molar-refractivity contribution is -0.209. The highest BCUT2D eigenvalue weighted by atomic mass is 19.4. The van der Waals surface area contributed by atoms with Crippen LogP contribution in [0, 0.1) is 0 Å². The highest BCUT2D eigenvalue weighted by Crippen LogP contribution is 2.35. The van der Waals surface area contributed by atoms with Gasteiger partial charge in [-0.15, -0.1) is 0 Å². The normalized spacial score (nSPS) is 12.0. The second-order valence-corrected chi connectivity index (χ2v) is 12.0. The minimum atomic E-state index is -4.75. The van der Waals surface area contributed by atoms with Gasteiger partial charge in [-0.1, -0.05) is 133 Å². The molecule has 0 saturated carbocycles. The summed E-state index contributed by atoms with van der Waals surface area (Å²) in [6, 6.07) is 22.2. The molecule has 0 heterocycles. The average Bonchev–Trinajstić information content (AvgIpc) is 3.07. The third-order valence-corrected chi connectivity index (χ3v) is 8.12. The van der Waals surface area contributed by atoms with Crippen LogP contribution in [0.1, 0.15) is 114 Å². The zero-order valence-electron chi connectivity index (χ0n) is 27.8. The van der Waals surface area contributed by atoms with Gasteiger partial charge < -0.3 is 14.2 Å². The summed E-state index contributed by atoms with van der Waals surface area (Å²) < 4.78 is 55.3. The Bertz CT molecular complexity index is 1340. The van der Waals surface area contributed by atoms with E-state index in [0.717, 1.165) is 53.7 Å². The van der Waals surface area contributed by atoms with Crippen molar-refractivity contribution >= 4 is 12.1 Å². The minimum absolute atomic E-state index is 0.0133. The zero-order chi connectivity index (χ0) is 33.9. The van der Waals surface area contributed by atoms with Gasteiger partial charge >= 0.3 is 18.3 Å². The van der Waals surface area contributed by atoms with Gasteiger partial charge in [0.25, 0.3) is 0 Å². The monoisotopic (exact) mass is 654 g/mol. The maximum Gasteiger partial charge on any atom is 0.517 e. The molecule has 1 atom stereocenters. The molecule has 0 aliphatic carbocycles. The Labute approximate surface area is 277 Å². The lowest BCUT2D eigenvalue weighted by Crippen LogP contribution is -2.34. The number of halogens is 3. The largest absolute Gasteiger partial charge is 0.517 e. The van der Waals surface area contributed by atoms with Gasteiger partial charge in [-0.3, -0.25) is 0 Å². The van der Waals surface area contributed by atoms with Crippen molar-refractivity contribution in [2.45, 2.75) is 116 Å². The first kappa shape index (κ1) is 37.6. The summed E-state index contributed by atoms with van der Waals surface area (Å²) >= 11 is 0. The first-order chi connectivity index (χ1) is 22.7. The number of alkyl halides is 3. The van der Waals surface area contributed by atoms with Crippen molar-refractivity contribution in [2.75, 3.05) is 6.61 Å². The first-order valence-electron chi connectivity index (χ1n) is 17.1. The summed E-state index contributed by atoms with van der Waals surface area (Å²) in [5.74, 6) is -0.314. The SMILES string of the molecule is CCCCCCCCCCCOc1ccc(-c2ccc(C(=O)OC(=O)OC(CCCCCC)C(F)(F)F)cc2)c(-c2ccccc2)c1. The predicted molar refractivity (Wildman–Crippen MR) is 181 cm³/mol. The van der Waals surface area contributed by atoms with Crippen molar-refractivity contribution in [3.8, 4) is 28.0 Å². The number of carbonyl (C=O) groups is 2. The fourth-order valence-electron chi connectivity index (χ4n) is 5.43. The Kier molecular flexibility index (Phi) is 16.4. The van der Waals surface area contributed by atoms with Crippen LogP contribution >= 0.6 is 0 Å². The molecule has 0 bridgehead atoms. The smallest absolute Gasteiger partial charge is 0.494 e. The fraction of sp³-hybridized carbons (Fsp3) is 0.487. The molecule has 3 aromatic carbocycles. The van der Waals surface area contributed by atoms with Crippen LogP contribution in [0.4, 0.5) is 18.0 Å². The molecule has 0 aliphatic heterocycles. The van der Waals surface area contributed by atoms with Gasteiger partial charge in [-0.25, -0.2) is 9.59 Å². The zero-order valence-corrected chi connectivity index (χ0v) is 27.8. The highest BCUT2D eigenvalue weighted by molar-refractivity contribution is 5.96. The number of hydrogen-bond acceptors (Lipinski definition) is 5. The van der Waals surface area contributed by atoms with E-state index in [9.17, 15) is 22.8 Å². The quantitative estimate of drug-likeness (QED) is 0.0689. The Morgan fingerprint density at radius 3 is 1.85 bits per heavy atom. The first-order valence-corrected chi connectivity index (χ1v) is 17.1. The summed E-state index contributed by atoms with van der Waals surface area (Å²) in [5.41, 5.74) is 3.67. The van der Waals surface area contributed by atoms with Gasteiger partial charge in [-0.05, 0) is 65.8 Å². The number of benzene rings is 3. The molecule has 1 unspecified atom stereocenters. The number of rotatable bonds is 20. The van der Waals surface area contributed by atoms with Crippen LogP contribution in [0.5, 0.6) is 5.75 Å². The van der Waals surface area contributed by atoms with Crippen LogP contribution < -0.4 is 4.74 Å². The van der Waals surface area contributed by atoms with Crippen molar-refractivity contribution in [1.82, 2.24) is 0 Å². The van der Waals surface area contributed by atoms with Gasteiger partial charge in [0.05, 0.1) is 12.2 Å². The number of hydrogen-bond donors (Lipinski definition) is 0. The lowest BCUT2D eigenvalue weighted by Gasteiger charge is -2.19. The molecular weight excluding hydrogens is 605 g/mol. The van der Waals surface area contributed by atoms with Crippen molar-refractivity contribution in [3.05, 3.63) is 78.4 Å². The molecule has 5 nitrogen and oxygen atoms in total. The van der Waals surface area contributed by atoms with Crippen molar-refractivity contribution in [3.63, 3.8) is 0 Å². The molecule has 3 rings (SSSR count). The standard InChI is InChI=1S/C39H49F3O5/c1-3-5-7-9-10-11-12-13-18-28-45-33-26-27-34(35(29-33)30-19-15-14-16-20-30)31-22-24-32(25-23-31)37(43)47-38(44)46-36(39(40,41)42)21-17-8-6-4-2/h14-16,19-20,22-27,29,36H,3-13,17-18,21,28H2,1-2H3. The second kappa shape index (κ2) is 20.4. The molecular formula is C39H49F3O5. The Hall–Kier alpha value is -3.81. The van der Waals surface area contributed by atoms with Gasteiger partial charge in [0.2, 0.25) is 6.10 Å². The number of carbonyl (C=O) groups excluding carboxylic acids is 2. The summed E-state index contributed by atoms with van der Waals surface area (Å²) in [6.45, 7) is 4.82. The third kappa shape index (κ3) is 13.4. The van der Waals surface area contributed by atoms with E-state index >= 15 is 0 Å². The second-order valence-electron chi connectivity index (χ2n) is 12.0. The Morgan fingerprint density at radius 2 is 1.23 bits per heavy atom. The van der Waals surface area contributed by atoms with E-state index in [1.54, 1.807) is 12.1 Å². The maximum atomic E-state index is 13.4. The van der Waals surface area contributed by atoms with Crippen molar-refractivity contribution < 1.29 is 37.0 Å². The number of unbranched alkanes of at least 4 members (excludes halogenated alkanes) is 11. The van der Waals surface area contributed by atoms with Crippen molar-refractivity contribution in [2.24, 2.45) is 0 Å². The maximum absolute atomic E-state index is 13.4. The molecule has 0 aliphatic rings. The number of ether oxygens (including phenoxy) is 3. The topological polar surface area (TPSA) is 61.8 Å². The number of esters is 1. The lowest BCUT2D eigenvalue weighted by atomic mass is 9.94. The van der Waals surface area contributed by atoms with E-state index < -0.39 is 24.4 Å². The third-order valence-electron chi connectivity index (χ3n) is 8.12. The van der Waals surface area contributed by atoms with Crippen LogP contribution in [0.25, 0.3) is 22.3 Å². The molecule has 0 fully saturated rings. The van der Waals surface area contributed by atoms with Crippen LogP contribution in [0.15, 0.2) is 72.8 Å². The minimum Gasteiger partial charge on any atom is -0.494 e. The molecule has 0 radical (unpaired) electrons. The Morgan fingerprint density at radius 1 is 0.660 bits per heavy atom. The summed E-state index contributed by atoms with van der Waals surface area (Å²) in [4.78, 5) is 24.7. The molecule has 0 N–H and O–H groups in total. The molecule has 0 saturated heterocycles. The molecule has 47 heavy (non-hydrogen) atoms. The average molecular weight is 655 g/mol. The van der Waals surface area contributed by atoms with Crippen molar-refractivity contribution in [1.29, 1.82) is 0 Å². The summed E-state index contributed by atoms with van der Waals surface area (Å²) in [6.07, 6.45) is 4.56. The molecule has 3 aromatic rings. The van der Waals surface area contributed by atoms with E-state index in [-0.39, 0.29) is 18.4 Å². The van der Waals surface area contributed by atoms with Crippen LogP contribution in [0.3, 0.4) is 0 Å². The molecule has 0 amide bonds. The van der Waals surface area contributed by atoms with Gasteiger partial charge in [-0.2, -0.15) is 13.2 Å². The van der Waals surface area contributed by atoms with E-state index in [0.29, 0.717) is 13.0 Å². The molecule has 0 aromatic heterocycles. The van der Waals surface area contributed by atoms with Crippen LogP contribution in [0.2, 0.25) is 0 Å².